The Morgan fingerprint density at radius 3 is 2.83 bits per heavy atom. The molecule has 2 aliphatic heterocycles. The molecular weight excluding hydrogens is 384 g/mol. The number of hydrogen-bond acceptors (Lipinski definition) is 5. The second-order valence-corrected chi connectivity index (χ2v) is 7.89. The van der Waals surface area contributed by atoms with Crippen LogP contribution in [0, 0.1) is 12.8 Å². The van der Waals surface area contributed by atoms with Crippen molar-refractivity contribution in [2.45, 2.75) is 26.3 Å². The molecule has 1 atom stereocenters. The first-order chi connectivity index (χ1) is 14.6. The van der Waals surface area contributed by atoms with Gasteiger partial charge >= 0.3 is 0 Å². The van der Waals surface area contributed by atoms with Crippen molar-refractivity contribution in [3.05, 3.63) is 46.8 Å². The van der Waals surface area contributed by atoms with E-state index < -0.39 is 0 Å². The molecule has 0 radical (unpaired) electrons. The van der Waals surface area contributed by atoms with Gasteiger partial charge in [-0.2, -0.15) is 5.10 Å². The Balaban J connectivity index is 1.39. The first-order valence-corrected chi connectivity index (χ1v) is 10.4. The predicted octanol–water partition coefficient (Wildman–Crippen LogP) is 1.66. The summed E-state index contributed by atoms with van der Waals surface area (Å²) in [5.41, 5.74) is 3.22. The van der Waals surface area contributed by atoms with Crippen LogP contribution in [0.5, 0.6) is 5.75 Å². The van der Waals surface area contributed by atoms with Gasteiger partial charge in [0.15, 0.2) is 0 Å². The Hall–Kier alpha value is -2.87. The van der Waals surface area contributed by atoms with Crippen molar-refractivity contribution in [3.8, 4) is 5.75 Å². The zero-order valence-electron chi connectivity index (χ0n) is 17.5. The maximum absolute atomic E-state index is 12.9. The number of nitrogens with one attached hydrogen (secondary N) is 1. The normalized spacial score (nSPS) is 18.6. The molecule has 4 rings (SSSR count). The van der Waals surface area contributed by atoms with E-state index in [0.717, 1.165) is 30.6 Å². The van der Waals surface area contributed by atoms with E-state index in [1.54, 1.807) is 19.4 Å². The van der Waals surface area contributed by atoms with Crippen LogP contribution in [0.1, 0.15) is 38.4 Å². The second-order valence-electron chi connectivity index (χ2n) is 7.89. The van der Waals surface area contributed by atoms with Crippen LogP contribution < -0.4 is 10.1 Å². The number of morpholine rings is 1. The van der Waals surface area contributed by atoms with Gasteiger partial charge in [-0.25, -0.2) is 0 Å². The molecule has 2 aromatic rings. The maximum Gasteiger partial charge on any atom is 0.257 e. The van der Waals surface area contributed by atoms with Crippen LogP contribution in [-0.4, -0.2) is 66.5 Å². The molecular formula is C22H28N4O4. The lowest BCUT2D eigenvalue weighted by Gasteiger charge is -2.28. The third-order valence-corrected chi connectivity index (χ3v) is 5.93. The molecule has 2 aliphatic rings. The molecule has 0 aliphatic carbocycles. The van der Waals surface area contributed by atoms with Gasteiger partial charge in [0.1, 0.15) is 5.75 Å². The average molecular weight is 412 g/mol. The summed E-state index contributed by atoms with van der Waals surface area (Å²) in [5, 5.41) is 7.45. The Labute approximate surface area is 176 Å². The number of aryl methyl sites for hydroxylation is 2. The highest BCUT2D eigenvalue weighted by Gasteiger charge is 2.28. The number of fused-ring (bicyclic) bond motifs is 1. The summed E-state index contributed by atoms with van der Waals surface area (Å²) in [6.07, 6.45) is 3.33. The van der Waals surface area contributed by atoms with Crippen molar-refractivity contribution in [2.75, 3.05) is 40.0 Å². The molecule has 2 amide bonds. The number of rotatable bonds is 5. The monoisotopic (exact) mass is 412 g/mol. The van der Waals surface area contributed by atoms with Gasteiger partial charge in [-0.15, -0.1) is 0 Å². The van der Waals surface area contributed by atoms with Crippen LogP contribution >= 0.6 is 0 Å². The van der Waals surface area contributed by atoms with Crippen LogP contribution in [0.2, 0.25) is 0 Å². The van der Waals surface area contributed by atoms with Crippen LogP contribution in [0.25, 0.3) is 0 Å². The molecule has 1 aromatic carbocycles. The summed E-state index contributed by atoms with van der Waals surface area (Å²) in [5.74, 6) is 0.880. The molecule has 8 heteroatoms. The highest BCUT2D eigenvalue weighted by atomic mass is 16.5. The van der Waals surface area contributed by atoms with Crippen LogP contribution in [0.15, 0.2) is 24.4 Å². The molecule has 0 saturated carbocycles. The summed E-state index contributed by atoms with van der Waals surface area (Å²) in [6.45, 7) is 5.64. The van der Waals surface area contributed by atoms with Crippen LogP contribution in [0.4, 0.5) is 0 Å². The number of ether oxygens (including phenoxy) is 2. The molecule has 1 saturated heterocycles. The third-order valence-electron chi connectivity index (χ3n) is 5.93. The number of carbonyl (C=O) groups is 2. The van der Waals surface area contributed by atoms with E-state index in [1.165, 1.54) is 0 Å². The smallest absolute Gasteiger partial charge is 0.257 e. The van der Waals surface area contributed by atoms with E-state index in [1.807, 2.05) is 28.6 Å². The van der Waals surface area contributed by atoms with Crippen molar-refractivity contribution in [1.82, 2.24) is 20.0 Å². The zero-order chi connectivity index (χ0) is 21.1. The fourth-order valence-corrected chi connectivity index (χ4v) is 4.09. The van der Waals surface area contributed by atoms with Crippen molar-refractivity contribution >= 4 is 11.8 Å². The van der Waals surface area contributed by atoms with Gasteiger partial charge in [-0.3, -0.25) is 14.3 Å². The summed E-state index contributed by atoms with van der Waals surface area (Å²) < 4.78 is 12.6. The Morgan fingerprint density at radius 1 is 1.27 bits per heavy atom. The van der Waals surface area contributed by atoms with Gasteiger partial charge in [-0.1, -0.05) is 6.07 Å². The molecule has 3 heterocycles. The number of carbonyl (C=O) groups excluding carboxylic acids is 2. The lowest BCUT2D eigenvalue weighted by atomic mass is 9.94. The van der Waals surface area contributed by atoms with Gasteiger partial charge in [0.05, 0.1) is 37.8 Å². The SMILES string of the molecule is COc1cc(C(=O)NC[C@@H]2CCn3ncc(C(=O)N4CCOCC4)c3C2)ccc1C. The molecule has 1 fully saturated rings. The average Bonchev–Trinajstić information content (AvgIpc) is 3.21. The summed E-state index contributed by atoms with van der Waals surface area (Å²) >= 11 is 0. The number of nitrogens with zero attached hydrogens (tertiary/aromatic N) is 3. The minimum Gasteiger partial charge on any atom is -0.496 e. The lowest BCUT2D eigenvalue weighted by Crippen LogP contribution is -2.41. The summed E-state index contributed by atoms with van der Waals surface area (Å²) in [4.78, 5) is 27.3. The van der Waals surface area contributed by atoms with Crippen molar-refractivity contribution in [3.63, 3.8) is 0 Å². The van der Waals surface area contributed by atoms with Crippen LogP contribution in [0.3, 0.4) is 0 Å². The minimum absolute atomic E-state index is 0.0241. The summed E-state index contributed by atoms with van der Waals surface area (Å²) in [6, 6.07) is 5.46. The highest BCUT2D eigenvalue weighted by Crippen LogP contribution is 2.24. The predicted molar refractivity (Wildman–Crippen MR) is 111 cm³/mol. The fraction of sp³-hybridized carbons (Fsp3) is 0.500. The van der Waals surface area contributed by atoms with Gasteiger partial charge in [0, 0.05) is 31.7 Å². The largest absolute Gasteiger partial charge is 0.496 e. The molecule has 0 unspecified atom stereocenters. The fourth-order valence-electron chi connectivity index (χ4n) is 4.09. The lowest BCUT2D eigenvalue weighted by molar-refractivity contribution is 0.0301. The van der Waals surface area contributed by atoms with Gasteiger partial charge in [-0.05, 0) is 43.4 Å². The topological polar surface area (TPSA) is 85.7 Å². The van der Waals surface area contributed by atoms with Gasteiger partial charge < -0.3 is 19.7 Å². The number of aromatic nitrogens is 2. The van der Waals surface area contributed by atoms with Crippen molar-refractivity contribution in [2.24, 2.45) is 5.92 Å². The Bertz CT molecular complexity index is 933. The second kappa shape index (κ2) is 8.87. The van der Waals surface area contributed by atoms with E-state index in [9.17, 15) is 9.59 Å². The Kier molecular flexibility index (Phi) is 6.03. The van der Waals surface area contributed by atoms with E-state index >= 15 is 0 Å². The number of hydrogen-bond donors (Lipinski definition) is 1. The van der Waals surface area contributed by atoms with Crippen LogP contribution in [-0.2, 0) is 17.7 Å². The van der Waals surface area contributed by atoms with Crippen molar-refractivity contribution in [1.29, 1.82) is 0 Å². The van der Waals surface area contributed by atoms with E-state index in [4.69, 9.17) is 9.47 Å². The molecule has 160 valence electrons. The first kappa shape index (κ1) is 20.4. The van der Waals surface area contributed by atoms with E-state index in [2.05, 4.69) is 10.4 Å². The third kappa shape index (κ3) is 4.18. The molecule has 1 aromatic heterocycles. The summed E-state index contributed by atoms with van der Waals surface area (Å²) in [7, 11) is 1.60. The first-order valence-electron chi connectivity index (χ1n) is 10.4. The molecule has 1 N–H and O–H groups in total. The highest BCUT2D eigenvalue weighted by molar-refractivity contribution is 5.95. The zero-order valence-corrected chi connectivity index (χ0v) is 17.5. The van der Waals surface area contributed by atoms with E-state index in [-0.39, 0.29) is 17.7 Å². The molecule has 0 spiro atoms. The van der Waals surface area contributed by atoms with Gasteiger partial charge in [0.25, 0.3) is 11.8 Å². The van der Waals surface area contributed by atoms with Crippen molar-refractivity contribution < 1.29 is 19.1 Å². The number of amides is 2. The standard InChI is InChI=1S/C22H28N4O4/c1-15-3-4-17(12-20(15)29-2)21(27)23-13-16-5-6-26-19(11-16)18(14-24-26)22(28)25-7-9-30-10-8-25/h3-4,12,14,16H,5-11,13H2,1-2H3,(H,23,27)/t16-/m1/s1. The van der Waals surface area contributed by atoms with E-state index in [0.29, 0.717) is 49.7 Å². The molecule has 8 nitrogen and oxygen atoms in total. The van der Waals surface area contributed by atoms with Gasteiger partial charge in [0.2, 0.25) is 0 Å². The number of benzene rings is 1. The molecule has 0 bridgehead atoms. The quantitative estimate of drug-likeness (QED) is 0.807. The molecule has 30 heavy (non-hydrogen) atoms. The number of methoxy groups -OCH3 is 1. The Morgan fingerprint density at radius 2 is 2.07 bits per heavy atom. The maximum atomic E-state index is 12.9. The minimum atomic E-state index is -0.114.